The first kappa shape index (κ1) is 21.2. The van der Waals surface area contributed by atoms with Crippen LogP contribution in [0.5, 0.6) is 0 Å². The zero-order valence-electron chi connectivity index (χ0n) is 14.0. The Kier molecular flexibility index (Phi) is 9.79. The molecule has 2 N–H and O–H groups in total. The second-order valence-electron chi connectivity index (χ2n) is 6.92. The summed E-state index contributed by atoms with van der Waals surface area (Å²) in [5.74, 6) is 0. The van der Waals surface area contributed by atoms with Crippen LogP contribution in [0.4, 0.5) is 0 Å². The summed E-state index contributed by atoms with van der Waals surface area (Å²) < 4.78 is 12.2. The van der Waals surface area contributed by atoms with E-state index in [2.05, 4.69) is 38.3 Å². The molecule has 2 saturated heterocycles. The van der Waals surface area contributed by atoms with E-state index in [-0.39, 0.29) is 11.2 Å². The van der Waals surface area contributed by atoms with E-state index in [1.807, 2.05) is 0 Å². The molecule has 0 aromatic heterocycles. The molecule has 0 amide bonds. The molecule has 136 valence electrons. The molecule has 0 aliphatic carbocycles. The minimum atomic E-state index is -0.472. The summed E-state index contributed by atoms with van der Waals surface area (Å²) in [6.07, 6.45) is 3.98. The molecule has 0 aromatic rings. The molecule has 22 heavy (non-hydrogen) atoms. The third kappa shape index (κ3) is 7.79. The SMILES string of the molecule is CC1CNCC(C)(CCCC2(C)CNCC(C)O2)O1.[Cl][Pt][Cl]. The fraction of sp³-hybridized carbons (Fsp3) is 1.00. The molecule has 2 rings (SSSR count). The van der Waals surface area contributed by atoms with E-state index < -0.39 is 16.5 Å². The molecule has 0 saturated carbocycles. The molecule has 0 spiro atoms. The van der Waals surface area contributed by atoms with Crippen LogP contribution < -0.4 is 10.6 Å². The van der Waals surface area contributed by atoms with Gasteiger partial charge in [0.05, 0.1) is 23.4 Å². The number of hydrogen-bond donors (Lipinski definition) is 2. The van der Waals surface area contributed by atoms with Crippen molar-refractivity contribution >= 4 is 18.8 Å². The molecule has 4 nitrogen and oxygen atoms in total. The Balaban J connectivity index is 0.000000745. The summed E-state index contributed by atoms with van der Waals surface area (Å²) in [7, 11) is 9.75. The third-order valence-corrected chi connectivity index (χ3v) is 4.24. The quantitative estimate of drug-likeness (QED) is 0.580. The van der Waals surface area contributed by atoms with Crippen molar-refractivity contribution in [2.75, 3.05) is 26.2 Å². The topological polar surface area (TPSA) is 42.5 Å². The zero-order valence-corrected chi connectivity index (χ0v) is 17.8. The van der Waals surface area contributed by atoms with Gasteiger partial charge in [0.15, 0.2) is 0 Å². The van der Waals surface area contributed by atoms with Gasteiger partial charge in [-0.1, -0.05) is 0 Å². The van der Waals surface area contributed by atoms with Crippen molar-refractivity contribution in [1.29, 1.82) is 0 Å². The van der Waals surface area contributed by atoms with E-state index in [0.29, 0.717) is 12.2 Å². The standard InChI is InChI=1S/C15H30N2O2.2ClH.Pt/c1-12-8-16-10-14(3,18-12)6-5-7-15(4)11-17-9-13(2)19-15;;;/h12-13,16-17H,5-11H2,1-4H3;2*1H;/q;;;+2/p-2. The Morgan fingerprint density at radius 2 is 1.32 bits per heavy atom. The van der Waals surface area contributed by atoms with E-state index in [1.165, 1.54) is 0 Å². The van der Waals surface area contributed by atoms with Crippen LogP contribution in [0.2, 0.25) is 0 Å². The van der Waals surface area contributed by atoms with E-state index in [1.54, 1.807) is 0 Å². The predicted octanol–water partition coefficient (Wildman–Crippen LogP) is 3.07. The first-order valence-corrected chi connectivity index (χ1v) is 13.5. The van der Waals surface area contributed by atoms with Gasteiger partial charge in [-0.15, -0.1) is 0 Å². The summed E-state index contributed by atoms with van der Waals surface area (Å²) in [6, 6.07) is 0. The van der Waals surface area contributed by atoms with Crippen molar-refractivity contribution in [2.24, 2.45) is 0 Å². The summed E-state index contributed by atoms with van der Waals surface area (Å²) in [4.78, 5) is 0. The third-order valence-electron chi connectivity index (χ3n) is 4.24. The van der Waals surface area contributed by atoms with Gasteiger partial charge < -0.3 is 20.1 Å². The first-order chi connectivity index (χ1) is 10.3. The van der Waals surface area contributed by atoms with Crippen molar-refractivity contribution in [3.8, 4) is 0 Å². The molecule has 2 aliphatic rings. The van der Waals surface area contributed by atoms with Gasteiger partial charge in [0.1, 0.15) is 0 Å². The predicted molar refractivity (Wildman–Crippen MR) is 89.2 cm³/mol. The molecule has 2 heterocycles. The Morgan fingerprint density at radius 1 is 0.955 bits per heavy atom. The van der Waals surface area contributed by atoms with Crippen LogP contribution in [0.1, 0.15) is 47.0 Å². The number of halogens is 2. The van der Waals surface area contributed by atoms with Crippen molar-refractivity contribution in [2.45, 2.75) is 70.4 Å². The molecular weight excluding hydrogens is 506 g/mol. The van der Waals surface area contributed by atoms with Crippen LogP contribution >= 0.6 is 18.8 Å². The van der Waals surface area contributed by atoms with Crippen LogP contribution in [-0.4, -0.2) is 49.6 Å². The maximum atomic E-state index is 6.10. The Morgan fingerprint density at radius 3 is 1.64 bits per heavy atom. The summed E-state index contributed by atoms with van der Waals surface area (Å²) in [6.45, 7) is 12.6. The van der Waals surface area contributed by atoms with Gasteiger partial charge in [-0.05, 0) is 47.0 Å². The zero-order chi connectivity index (χ0) is 16.6. The Hall–Kier alpha value is 1.11. The van der Waals surface area contributed by atoms with E-state index in [0.717, 1.165) is 45.4 Å². The number of morpholine rings is 2. The van der Waals surface area contributed by atoms with E-state index >= 15 is 0 Å². The van der Waals surface area contributed by atoms with Crippen LogP contribution in [0.15, 0.2) is 0 Å². The fourth-order valence-electron chi connectivity index (χ4n) is 3.35. The van der Waals surface area contributed by atoms with E-state index in [4.69, 9.17) is 28.3 Å². The normalized spacial score (nSPS) is 39.2. The molecule has 0 bridgehead atoms. The van der Waals surface area contributed by atoms with Gasteiger partial charge in [-0.2, -0.15) is 0 Å². The average Bonchev–Trinajstić information content (AvgIpc) is 2.38. The Bertz CT molecular complexity index is 300. The fourth-order valence-corrected chi connectivity index (χ4v) is 3.35. The monoisotopic (exact) mass is 535 g/mol. The molecule has 4 atom stereocenters. The molecule has 7 heteroatoms. The average molecular weight is 536 g/mol. The molecule has 2 fully saturated rings. The van der Waals surface area contributed by atoms with Crippen LogP contribution in [0.3, 0.4) is 0 Å². The second kappa shape index (κ2) is 10.2. The summed E-state index contributed by atoms with van der Waals surface area (Å²) in [5.41, 5.74) is -0.0243. The molecular formula is C15H30Cl2N2O2Pt. The van der Waals surface area contributed by atoms with Gasteiger partial charge in [0, 0.05) is 26.2 Å². The van der Waals surface area contributed by atoms with Crippen molar-refractivity contribution < 1.29 is 26.0 Å². The Labute approximate surface area is 151 Å². The van der Waals surface area contributed by atoms with Gasteiger partial charge in [0.2, 0.25) is 0 Å². The molecule has 4 unspecified atom stereocenters. The maximum absolute atomic E-state index is 6.10. The van der Waals surface area contributed by atoms with Crippen molar-refractivity contribution in [3.05, 3.63) is 0 Å². The van der Waals surface area contributed by atoms with Crippen molar-refractivity contribution in [3.63, 3.8) is 0 Å². The number of rotatable bonds is 4. The second-order valence-corrected chi connectivity index (χ2v) is 10.2. The van der Waals surface area contributed by atoms with Crippen LogP contribution in [-0.2, 0) is 26.0 Å². The number of hydrogen-bond acceptors (Lipinski definition) is 4. The molecule has 0 aromatic carbocycles. The summed E-state index contributed by atoms with van der Waals surface area (Å²) in [5, 5.41) is 6.92. The minimum absolute atomic E-state index is 0.0122. The van der Waals surface area contributed by atoms with Crippen LogP contribution in [0.25, 0.3) is 0 Å². The summed E-state index contributed by atoms with van der Waals surface area (Å²) >= 11 is -0.472. The van der Waals surface area contributed by atoms with E-state index in [9.17, 15) is 0 Å². The molecule has 2 aliphatic heterocycles. The van der Waals surface area contributed by atoms with Gasteiger partial charge >= 0.3 is 35.3 Å². The van der Waals surface area contributed by atoms with Gasteiger partial charge in [-0.3, -0.25) is 0 Å². The molecule has 0 radical (unpaired) electrons. The van der Waals surface area contributed by atoms with Crippen molar-refractivity contribution in [1.82, 2.24) is 10.6 Å². The first-order valence-electron chi connectivity index (χ1n) is 7.92. The number of ether oxygens (including phenoxy) is 2. The number of nitrogens with one attached hydrogen (secondary N) is 2. The van der Waals surface area contributed by atoms with Gasteiger partial charge in [-0.25, -0.2) is 0 Å². The van der Waals surface area contributed by atoms with Crippen LogP contribution in [0, 0.1) is 0 Å². The van der Waals surface area contributed by atoms with Gasteiger partial charge in [0.25, 0.3) is 0 Å².